The highest BCUT2D eigenvalue weighted by molar-refractivity contribution is 6.30. The number of hydrogen-bond acceptors (Lipinski definition) is 2. The molecule has 4 heteroatoms. The van der Waals surface area contributed by atoms with E-state index in [1.165, 1.54) is 0 Å². The molecular formula is C15H18ClNO2. The summed E-state index contributed by atoms with van der Waals surface area (Å²) in [5.74, 6) is 0.576. The largest absolute Gasteiger partial charge is 0.375 e. The predicted molar refractivity (Wildman–Crippen MR) is 74.4 cm³/mol. The molecule has 1 aromatic carbocycles. The summed E-state index contributed by atoms with van der Waals surface area (Å²) in [6, 6.07) is 7.18. The van der Waals surface area contributed by atoms with Gasteiger partial charge in [-0.15, -0.1) is 0 Å². The molecule has 2 aliphatic rings. The number of rotatable bonds is 1. The van der Waals surface area contributed by atoms with Gasteiger partial charge < -0.3 is 9.64 Å². The fourth-order valence-electron chi connectivity index (χ4n) is 3.19. The minimum atomic E-state index is 0.0838. The normalized spacial score (nSPS) is 30.2. The maximum atomic E-state index is 12.4. The van der Waals surface area contributed by atoms with Gasteiger partial charge in [-0.3, -0.25) is 4.79 Å². The highest BCUT2D eigenvalue weighted by atomic mass is 35.5. The van der Waals surface area contributed by atoms with Crippen LogP contribution in [-0.4, -0.2) is 36.1 Å². The van der Waals surface area contributed by atoms with Gasteiger partial charge in [0.2, 0.25) is 0 Å². The second-order valence-electron chi connectivity index (χ2n) is 5.53. The molecule has 0 aliphatic carbocycles. The van der Waals surface area contributed by atoms with Gasteiger partial charge in [0.25, 0.3) is 5.91 Å². The Bertz CT molecular complexity index is 491. The van der Waals surface area contributed by atoms with Gasteiger partial charge in [0.05, 0.1) is 12.2 Å². The molecular weight excluding hydrogens is 262 g/mol. The van der Waals surface area contributed by atoms with E-state index in [0.29, 0.717) is 28.7 Å². The second kappa shape index (κ2) is 5.14. The van der Waals surface area contributed by atoms with Crippen LogP contribution in [0.15, 0.2) is 24.3 Å². The summed E-state index contributed by atoms with van der Waals surface area (Å²) in [5, 5.41) is 0.610. The molecule has 0 spiro atoms. The maximum Gasteiger partial charge on any atom is 0.253 e. The van der Waals surface area contributed by atoms with E-state index in [-0.39, 0.29) is 5.91 Å². The number of benzene rings is 1. The lowest BCUT2D eigenvalue weighted by Gasteiger charge is -2.34. The van der Waals surface area contributed by atoms with Gasteiger partial charge in [0.15, 0.2) is 0 Å². The third-order valence-electron chi connectivity index (χ3n) is 4.06. The van der Waals surface area contributed by atoms with Crippen LogP contribution < -0.4 is 0 Å². The standard InChI is InChI=1S/C15H18ClNO2/c1-10-7-12-9-17(6-5-14(12)19-10)15(18)11-3-2-4-13(16)8-11/h2-4,8,10,12,14H,5-7,9H2,1H3/t10-,12-,14+/m1/s1. The van der Waals surface area contributed by atoms with Crippen molar-refractivity contribution in [1.82, 2.24) is 4.90 Å². The Balaban J connectivity index is 1.71. The van der Waals surface area contributed by atoms with Crippen molar-refractivity contribution in [2.24, 2.45) is 5.92 Å². The molecule has 0 bridgehead atoms. The Labute approximate surface area is 118 Å². The number of nitrogens with zero attached hydrogens (tertiary/aromatic N) is 1. The Morgan fingerprint density at radius 1 is 1.47 bits per heavy atom. The fourth-order valence-corrected chi connectivity index (χ4v) is 3.38. The van der Waals surface area contributed by atoms with Crippen LogP contribution in [0.3, 0.4) is 0 Å². The van der Waals surface area contributed by atoms with E-state index in [1.807, 2.05) is 17.0 Å². The van der Waals surface area contributed by atoms with Crippen molar-refractivity contribution in [1.29, 1.82) is 0 Å². The van der Waals surface area contributed by atoms with E-state index in [1.54, 1.807) is 12.1 Å². The first-order valence-corrected chi connectivity index (χ1v) is 7.21. The van der Waals surface area contributed by atoms with E-state index in [9.17, 15) is 4.79 Å². The van der Waals surface area contributed by atoms with E-state index in [0.717, 1.165) is 25.9 Å². The molecule has 1 amide bonds. The van der Waals surface area contributed by atoms with Gasteiger partial charge in [-0.1, -0.05) is 17.7 Å². The zero-order chi connectivity index (χ0) is 13.4. The third-order valence-corrected chi connectivity index (χ3v) is 4.30. The number of likely N-dealkylation sites (tertiary alicyclic amines) is 1. The Morgan fingerprint density at radius 3 is 3.11 bits per heavy atom. The number of halogens is 1. The molecule has 0 aromatic heterocycles. The van der Waals surface area contributed by atoms with Crippen molar-refractivity contribution < 1.29 is 9.53 Å². The van der Waals surface area contributed by atoms with Crippen molar-refractivity contribution >= 4 is 17.5 Å². The van der Waals surface area contributed by atoms with E-state index in [2.05, 4.69) is 6.92 Å². The lowest BCUT2D eigenvalue weighted by molar-refractivity contribution is 0.00865. The molecule has 3 rings (SSSR count). The van der Waals surface area contributed by atoms with Crippen molar-refractivity contribution in [3.63, 3.8) is 0 Å². The number of amides is 1. The number of piperidine rings is 1. The Hall–Kier alpha value is -1.06. The maximum absolute atomic E-state index is 12.4. The molecule has 0 N–H and O–H groups in total. The molecule has 1 aromatic rings. The lowest BCUT2D eigenvalue weighted by Crippen LogP contribution is -2.44. The summed E-state index contributed by atoms with van der Waals surface area (Å²) in [7, 11) is 0. The summed E-state index contributed by atoms with van der Waals surface area (Å²) >= 11 is 5.95. The second-order valence-corrected chi connectivity index (χ2v) is 5.97. The minimum Gasteiger partial charge on any atom is -0.375 e. The third kappa shape index (κ3) is 2.63. The molecule has 2 fully saturated rings. The minimum absolute atomic E-state index is 0.0838. The number of fused-ring (bicyclic) bond motifs is 1. The average Bonchev–Trinajstić information content (AvgIpc) is 2.76. The number of ether oxygens (including phenoxy) is 1. The Morgan fingerprint density at radius 2 is 2.32 bits per heavy atom. The topological polar surface area (TPSA) is 29.5 Å². The van der Waals surface area contributed by atoms with Crippen molar-refractivity contribution in [2.75, 3.05) is 13.1 Å². The van der Waals surface area contributed by atoms with Crippen LogP contribution in [0.25, 0.3) is 0 Å². The zero-order valence-corrected chi connectivity index (χ0v) is 11.8. The predicted octanol–water partition coefficient (Wildman–Crippen LogP) is 2.98. The highest BCUT2D eigenvalue weighted by Crippen LogP contribution is 2.33. The Kier molecular flexibility index (Phi) is 3.50. The van der Waals surface area contributed by atoms with E-state index >= 15 is 0 Å². The van der Waals surface area contributed by atoms with Gasteiger partial charge in [-0.05, 0) is 38.0 Å². The first-order valence-electron chi connectivity index (χ1n) is 6.84. The molecule has 0 radical (unpaired) electrons. The monoisotopic (exact) mass is 279 g/mol. The smallest absolute Gasteiger partial charge is 0.253 e. The lowest BCUT2D eigenvalue weighted by atomic mass is 9.92. The molecule has 102 valence electrons. The summed E-state index contributed by atoms with van der Waals surface area (Å²) in [6.07, 6.45) is 2.68. The molecule has 0 unspecified atom stereocenters. The van der Waals surface area contributed by atoms with Crippen LogP contribution in [0.2, 0.25) is 5.02 Å². The van der Waals surface area contributed by atoms with Crippen LogP contribution in [-0.2, 0) is 4.74 Å². The van der Waals surface area contributed by atoms with Gasteiger partial charge in [-0.2, -0.15) is 0 Å². The molecule has 19 heavy (non-hydrogen) atoms. The number of carbonyl (C=O) groups excluding carboxylic acids is 1. The van der Waals surface area contributed by atoms with Gasteiger partial charge in [0.1, 0.15) is 0 Å². The first-order chi connectivity index (χ1) is 9.13. The molecule has 0 saturated carbocycles. The fraction of sp³-hybridized carbons (Fsp3) is 0.533. The molecule has 2 saturated heterocycles. The molecule has 2 aliphatic heterocycles. The summed E-state index contributed by atoms with van der Waals surface area (Å²) in [6.45, 7) is 3.70. The number of carbonyl (C=O) groups is 1. The highest BCUT2D eigenvalue weighted by Gasteiger charge is 2.38. The molecule has 3 atom stereocenters. The van der Waals surface area contributed by atoms with Crippen LogP contribution in [0.4, 0.5) is 0 Å². The zero-order valence-electron chi connectivity index (χ0n) is 11.0. The van der Waals surface area contributed by atoms with Crippen molar-refractivity contribution in [2.45, 2.75) is 32.0 Å². The van der Waals surface area contributed by atoms with Gasteiger partial charge in [0, 0.05) is 29.6 Å². The van der Waals surface area contributed by atoms with Crippen molar-refractivity contribution in [3.8, 4) is 0 Å². The average molecular weight is 280 g/mol. The first kappa shape index (κ1) is 12.9. The summed E-state index contributed by atoms with van der Waals surface area (Å²) in [5.41, 5.74) is 0.679. The van der Waals surface area contributed by atoms with Crippen LogP contribution >= 0.6 is 11.6 Å². The van der Waals surface area contributed by atoms with E-state index < -0.39 is 0 Å². The van der Waals surface area contributed by atoms with Crippen LogP contribution in [0, 0.1) is 5.92 Å². The van der Waals surface area contributed by atoms with Gasteiger partial charge >= 0.3 is 0 Å². The SMILES string of the molecule is C[C@@H]1C[C@@H]2CN(C(=O)c3cccc(Cl)c3)CC[C@@H]2O1. The quantitative estimate of drug-likeness (QED) is 0.791. The van der Waals surface area contributed by atoms with Gasteiger partial charge in [-0.25, -0.2) is 0 Å². The van der Waals surface area contributed by atoms with Crippen LogP contribution in [0.1, 0.15) is 30.1 Å². The summed E-state index contributed by atoms with van der Waals surface area (Å²) < 4.78 is 5.86. The molecule has 2 heterocycles. The van der Waals surface area contributed by atoms with Crippen LogP contribution in [0.5, 0.6) is 0 Å². The molecule has 3 nitrogen and oxygen atoms in total. The number of hydrogen-bond donors (Lipinski definition) is 0. The summed E-state index contributed by atoms with van der Waals surface area (Å²) in [4.78, 5) is 14.4. The van der Waals surface area contributed by atoms with E-state index in [4.69, 9.17) is 16.3 Å². The van der Waals surface area contributed by atoms with Crippen molar-refractivity contribution in [3.05, 3.63) is 34.9 Å².